The van der Waals surface area contributed by atoms with Crippen LogP contribution in [0.2, 0.25) is 0 Å². The van der Waals surface area contributed by atoms with Crippen LogP contribution in [0.4, 0.5) is 30.8 Å². The number of likely N-dealkylation sites (tertiary alicyclic amines) is 1. The third-order valence-electron chi connectivity index (χ3n) is 9.20. The number of hydroxylamine groups is 1. The molecule has 230 valence electrons. The highest BCUT2D eigenvalue weighted by molar-refractivity contribution is 5.55. The number of nitrogens with one attached hydrogen (secondary N) is 1. The first-order valence-corrected chi connectivity index (χ1v) is 15.3. The average molecular weight is 597 g/mol. The number of nitrogens with zero attached hydrogens (tertiary/aromatic N) is 5. The van der Waals surface area contributed by atoms with Gasteiger partial charge in [0.2, 0.25) is 5.95 Å². The van der Waals surface area contributed by atoms with E-state index in [9.17, 15) is 18.3 Å². The number of aliphatic hydroxyl groups is 1. The third kappa shape index (κ3) is 7.11. The molecule has 2 saturated heterocycles. The van der Waals surface area contributed by atoms with Crippen molar-refractivity contribution in [3.05, 3.63) is 71.5 Å². The minimum absolute atomic E-state index is 0.0203. The first-order valence-electron chi connectivity index (χ1n) is 15.3. The van der Waals surface area contributed by atoms with Crippen LogP contribution in [-0.4, -0.2) is 57.8 Å². The zero-order chi connectivity index (χ0) is 29.8. The lowest BCUT2D eigenvalue weighted by atomic mass is 9.81. The Labute approximate surface area is 250 Å². The number of hydrogen-bond donors (Lipinski definition) is 2. The van der Waals surface area contributed by atoms with Crippen LogP contribution in [0, 0.1) is 11.8 Å². The number of benzene rings is 1. The molecule has 11 heteroatoms. The van der Waals surface area contributed by atoms with Crippen LogP contribution < -0.4 is 10.4 Å². The fourth-order valence-electron chi connectivity index (χ4n) is 6.70. The Morgan fingerprint density at radius 3 is 2.28 bits per heavy atom. The number of aliphatic hydroxyl groups excluding tert-OH is 1. The minimum Gasteiger partial charge on any atom is -0.396 e. The second-order valence-electron chi connectivity index (χ2n) is 12.0. The molecule has 2 N–H and O–H groups in total. The summed E-state index contributed by atoms with van der Waals surface area (Å²) in [7, 11) is 0. The lowest BCUT2D eigenvalue weighted by Crippen LogP contribution is -2.37. The van der Waals surface area contributed by atoms with E-state index in [4.69, 9.17) is 4.84 Å². The number of halogens is 3. The second-order valence-corrected chi connectivity index (χ2v) is 12.0. The number of aromatic nitrogens is 3. The van der Waals surface area contributed by atoms with E-state index in [2.05, 4.69) is 25.2 Å². The summed E-state index contributed by atoms with van der Waals surface area (Å²) in [6.45, 7) is 3.89. The van der Waals surface area contributed by atoms with E-state index in [0.717, 1.165) is 63.0 Å². The summed E-state index contributed by atoms with van der Waals surface area (Å²) in [5, 5.41) is 13.6. The highest BCUT2D eigenvalue weighted by atomic mass is 19.4. The van der Waals surface area contributed by atoms with Crippen molar-refractivity contribution in [1.82, 2.24) is 19.9 Å². The van der Waals surface area contributed by atoms with Crippen LogP contribution in [0.1, 0.15) is 73.6 Å². The van der Waals surface area contributed by atoms with Gasteiger partial charge in [0.25, 0.3) is 0 Å². The lowest BCUT2D eigenvalue weighted by Gasteiger charge is -2.36. The summed E-state index contributed by atoms with van der Waals surface area (Å²) in [6, 6.07) is 12.8. The van der Waals surface area contributed by atoms with Gasteiger partial charge in [0, 0.05) is 32.0 Å². The molecule has 0 bridgehead atoms. The molecule has 0 radical (unpaired) electrons. The zero-order valence-electron chi connectivity index (χ0n) is 24.2. The lowest BCUT2D eigenvalue weighted by molar-refractivity contribution is -0.138. The number of alkyl halides is 3. The number of rotatable bonds is 8. The quantitative estimate of drug-likeness (QED) is 0.305. The summed E-state index contributed by atoms with van der Waals surface area (Å²) >= 11 is 0. The molecule has 4 heterocycles. The predicted octanol–water partition coefficient (Wildman–Crippen LogP) is 6.50. The normalized spacial score (nSPS) is 23.9. The molecule has 2 aliphatic heterocycles. The molecule has 6 rings (SSSR count). The van der Waals surface area contributed by atoms with Gasteiger partial charge in [-0.3, -0.25) is 4.84 Å². The van der Waals surface area contributed by atoms with Gasteiger partial charge in [-0.2, -0.15) is 18.2 Å². The van der Waals surface area contributed by atoms with Gasteiger partial charge in [0.1, 0.15) is 11.4 Å². The van der Waals surface area contributed by atoms with Gasteiger partial charge in [-0.25, -0.2) is 15.0 Å². The third-order valence-corrected chi connectivity index (χ3v) is 9.20. The van der Waals surface area contributed by atoms with E-state index in [1.807, 2.05) is 48.7 Å². The van der Waals surface area contributed by atoms with Gasteiger partial charge in [-0.05, 0) is 86.6 Å². The summed E-state index contributed by atoms with van der Waals surface area (Å²) in [6.07, 6.45) is 5.41. The maximum Gasteiger partial charge on any atom is 0.421 e. The van der Waals surface area contributed by atoms with Crippen molar-refractivity contribution in [3.8, 4) is 0 Å². The highest BCUT2D eigenvalue weighted by Crippen LogP contribution is 2.42. The van der Waals surface area contributed by atoms with Crippen molar-refractivity contribution >= 4 is 17.6 Å². The van der Waals surface area contributed by atoms with E-state index in [0.29, 0.717) is 30.7 Å². The van der Waals surface area contributed by atoms with E-state index in [-0.39, 0.29) is 18.4 Å². The zero-order valence-corrected chi connectivity index (χ0v) is 24.2. The molecule has 8 nitrogen and oxygen atoms in total. The Kier molecular flexibility index (Phi) is 9.11. The molecule has 1 aliphatic carbocycles. The van der Waals surface area contributed by atoms with Gasteiger partial charge in [0.15, 0.2) is 5.82 Å². The Morgan fingerprint density at radius 1 is 0.860 bits per heavy atom. The molecule has 0 spiro atoms. The molecule has 43 heavy (non-hydrogen) atoms. The van der Waals surface area contributed by atoms with Crippen molar-refractivity contribution in [2.45, 2.75) is 63.1 Å². The summed E-state index contributed by atoms with van der Waals surface area (Å²) in [5.74, 6) is 1.82. The Morgan fingerprint density at radius 2 is 1.60 bits per heavy atom. The molecule has 0 unspecified atom stereocenters. The average Bonchev–Trinajstić information content (AvgIpc) is 3.52. The summed E-state index contributed by atoms with van der Waals surface area (Å²) < 4.78 is 41.9. The first kappa shape index (κ1) is 29.8. The molecule has 3 aromatic rings. The second kappa shape index (κ2) is 13.2. The van der Waals surface area contributed by atoms with Crippen molar-refractivity contribution in [2.75, 3.05) is 43.2 Å². The molecule has 1 saturated carbocycles. The topological polar surface area (TPSA) is 86.6 Å². The van der Waals surface area contributed by atoms with E-state index < -0.39 is 17.8 Å². The van der Waals surface area contributed by atoms with Crippen molar-refractivity contribution in [2.24, 2.45) is 11.8 Å². The van der Waals surface area contributed by atoms with Crippen LogP contribution in [0.15, 0.2) is 54.9 Å². The number of anilines is 3. The van der Waals surface area contributed by atoms with Crippen molar-refractivity contribution < 1.29 is 23.1 Å². The fraction of sp³-hybridized carbons (Fsp3) is 0.531. The van der Waals surface area contributed by atoms with E-state index in [1.165, 1.54) is 23.5 Å². The molecule has 1 atom stereocenters. The smallest absolute Gasteiger partial charge is 0.396 e. The van der Waals surface area contributed by atoms with Crippen LogP contribution >= 0.6 is 0 Å². The Balaban J connectivity index is 1.09. The number of piperidine rings is 1. The molecular formula is C32H39F3N6O2. The van der Waals surface area contributed by atoms with Crippen LogP contribution in [0.3, 0.4) is 0 Å². The van der Waals surface area contributed by atoms with Gasteiger partial charge in [0.05, 0.1) is 12.6 Å². The largest absolute Gasteiger partial charge is 0.421 e. The van der Waals surface area contributed by atoms with E-state index in [1.54, 1.807) is 0 Å². The van der Waals surface area contributed by atoms with Crippen LogP contribution in [-0.2, 0) is 11.0 Å². The maximum atomic E-state index is 14.0. The molecule has 0 amide bonds. The van der Waals surface area contributed by atoms with Crippen molar-refractivity contribution in [3.63, 3.8) is 0 Å². The van der Waals surface area contributed by atoms with Gasteiger partial charge >= 0.3 is 6.18 Å². The number of pyridine rings is 1. The SMILES string of the molecule is OCC1CCC(CN2CCC(c3ccc(Nc4ncc(C(F)(F)F)c(N5OCC[C@H]5c5ccccc5)n4)nc3)CC2)CC1. The molecular weight excluding hydrogens is 557 g/mol. The predicted molar refractivity (Wildman–Crippen MR) is 158 cm³/mol. The molecule has 2 aromatic heterocycles. The molecule has 1 aromatic carbocycles. The fourth-order valence-corrected chi connectivity index (χ4v) is 6.70. The van der Waals surface area contributed by atoms with Gasteiger partial charge in [-0.1, -0.05) is 36.4 Å². The monoisotopic (exact) mass is 596 g/mol. The van der Waals surface area contributed by atoms with Crippen LogP contribution in [0.5, 0.6) is 0 Å². The van der Waals surface area contributed by atoms with Crippen molar-refractivity contribution in [1.29, 1.82) is 0 Å². The first-order chi connectivity index (χ1) is 20.9. The molecule has 3 fully saturated rings. The standard InChI is InChI=1S/C32H39F3N6O2/c33-32(34,35)27-19-37-31(39-30(27)41-28(14-17-43-41)25-4-2-1-3-5-25)38-29-11-10-26(18-36-29)24-12-15-40(16-13-24)20-22-6-8-23(21-42)9-7-22/h1-5,10-11,18-19,22-24,28,42H,6-9,12-17,20-21H2,(H,36,37,38,39)/t22?,23?,28-/m0/s1. The Hall–Kier alpha value is -3.28. The van der Waals surface area contributed by atoms with Gasteiger partial charge < -0.3 is 15.3 Å². The Bertz CT molecular complexity index is 1330. The van der Waals surface area contributed by atoms with E-state index >= 15 is 0 Å². The minimum atomic E-state index is -4.64. The summed E-state index contributed by atoms with van der Waals surface area (Å²) in [4.78, 5) is 21.0. The summed E-state index contributed by atoms with van der Waals surface area (Å²) in [5.41, 5.74) is 1.07. The van der Waals surface area contributed by atoms with Gasteiger partial charge in [-0.15, -0.1) is 0 Å². The van der Waals surface area contributed by atoms with Crippen LogP contribution in [0.25, 0.3) is 0 Å². The highest BCUT2D eigenvalue weighted by Gasteiger charge is 2.40. The molecule has 3 aliphatic rings. The number of hydrogen-bond acceptors (Lipinski definition) is 8. The maximum absolute atomic E-state index is 14.0.